The van der Waals surface area contributed by atoms with Crippen LogP contribution in [0.2, 0.25) is 5.02 Å². The fourth-order valence-electron chi connectivity index (χ4n) is 2.70. The monoisotopic (exact) mass is 535 g/mol. The van der Waals surface area contributed by atoms with Crippen molar-refractivity contribution in [1.29, 1.82) is 0 Å². The molecule has 0 aliphatic rings. The molecule has 152 valence electrons. The van der Waals surface area contributed by atoms with Crippen molar-refractivity contribution in [2.24, 2.45) is 0 Å². The molecule has 1 N–H and O–H groups in total. The summed E-state index contributed by atoms with van der Waals surface area (Å²) in [6.45, 7) is 1.77. The van der Waals surface area contributed by atoms with Gasteiger partial charge < -0.3 is 10.1 Å². The molecule has 5 nitrogen and oxygen atoms in total. The van der Waals surface area contributed by atoms with Gasteiger partial charge in [0.1, 0.15) is 5.82 Å². The Hall–Kier alpha value is -2.27. The Morgan fingerprint density at radius 2 is 1.93 bits per heavy atom. The molecule has 0 amide bonds. The molecule has 3 rings (SSSR count). The smallest absolute Gasteiger partial charge is 0.436 e. The first kappa shape index (κ1) is 21.4. The Kier molecular flexibility index (Phi) is 6.08. The fraction of sp³-hybridized carbons (Fsp3) is 0.158. The number of nitrogens with one attached hydrogen (secondary N) is 1. The summed E-state index contributed by atoms with van der Waals surface area (Å²) in [5.41, 5.74) is 0.492. The zero-order valence-electron chi connectivity index (χ0n) is 15.1. The predicted molar refractivity (Wildman–Crippen MR) is 112 cm³/mol. The minimum Gasteiger partial charge on any atom is -0.465 e. The number of carbonyl (C=O) groups is 1. The largest absolute Gasteiger partial charge is 0.465 e. The van der Waals surface area contributed by atoms with Crippen LogP contribution in [0.1, 0.15) is 21.6 Å². The van der Waals surface area contributed by atoms with Crippen LogP contribution in [0.4, 0.5) is 24.7 Å². The van der Waals surface area contributed by atoms with Gasteiger partial charge in [-0.25, -0.2) is 9.48 Å². The number of alkyl halides is 3. The maximum absolute atomic E-state index is 13.5. The summed E-state index contributed by atoms with van der Waals surface area (Å²) in [7, 11) is 1.20. The summed E-state index contributed by atoms with van der Waals surface area (Å²) in [4.78, 5) is 12.1. The van der Waals surface area contributed by atoms with Crippen LogP contribution in [0.25, 0.3) is 5.69 Å². The summed E-state index contributed by atoms with van der Waals surface area (Å²) >= 11 is 7.55. The second-order valence-electron chi connectivity index (χ2n) is 6.01. The molecule has 0 aliphatic heterocycles. The average Bonchev–Trinajstić information content (AvgIpc) is 2.99. The van der Waals surface area contributed by atoms with Crippen LogP contribution in [0.3, 0.4) is 0 Å². The third kappa shape index (κ3) is 4.35. The highest BCUT2D eigenvalue weighted by Gasteiger charge is 2.39. The first-order chi connectivity index (χ1) is 13.6. The summed E-state index contributed by atoms with van der Waals surface area (Å²) in [6.07, 6.45) is -4.65. The topological polar surface area (TPSA) is 56.1 Å². The molecule has 0 saturated carbocycles. The molecule has 0 radical (unpaired) electrons. The lowest BCUT2D eigenvalue weighted by Crippen LogP contribution is -2.09. The molecule has 0 saturated heterocycles. The van der Waals surface area contributed by atoms with E-state index in [2.05, 4.69) is 10.4 Å². The van der Waals surface area contributed by atoms with Crippen molar-refractivity contribution in [1.82, 2.24) is 9.78 Å². The van der Waals surface area contributed by atoms with Gasteiger partial charge in [0.25, 0.3) is 0 Å². The van der Waals surface area contributed by atoms with Crippen molar-refractivity contribution >= 4 is 51.7 Å². The molecule has 3 aromatic rings. The van der Waals surface area contributed by atoms with Gasteiger partial charge in [-0.3, -0.25) is 0 Å². The average molecular weight is 536 g/mol. The SMILES string of the molecule is COC(=O)c1cc(Cl)ccc1Nc1c(I)c(C(F)(F)F)nn1-c1ccccc1C. The number of anilines is 2. The van der Waals surface area contributed by atoms with E-state index in [0.29, 0.717) is 5.69 Å². The lowest BCUT2D eigenvalue weighted by molar-refractivity contribution is -0.142. The number of benzene rings is 2. The quantitative estimate of drug-likeness (QED) is 0.330. The van der Waals surface area contributed by atoms with E-state index in [1.54, 1.807) is 53.8 Å². The van der Waals surface area contributed by atoms with E-state index in [4.69, 9.17) is 16.3 Å². The summed E-state index contributed by atoms with van der Waals surface area (Å²) in [6, 6.07) is 11.3. The second-order valence-corrected chi connectivity index (χ2v) is 7.53. The number of rotatable bonds is 4. The second kappa shape index (κ2) is 8.23. The van der Waals surface area contributed by atoms with E-state index in [0.717, 1.165) is 5.56 Å². The van der Waals surface area contributed by atoms with E-state index < -0.39 is 17.8 Å². The van der Waals surface area contributed by atoms with E-state index in [-0.39, 0.29) is 25.7 Å². The number of aromatic nitrogens is 2. The molecule has 1 aromatic heterocycles. The molecule has 0 unspecified atom stereocenters. The third-order valence-corrected chi connectivity index (χ3v) is 5.34. The van der Waals surface area contributed by atoms with E-state index in [1.807, 2.05) is 0 Å². The molecule has 10 heteroatoms. The van der Waals surface area contributed by atoms with Crippen molar-refractivity contribution in [3.63, 3.8) is 0 Å². The molecule has 0 fully saturated rings. The van der Waals surface area contributed by atoms with Crippen LogP contribution in [0.5, 0.6) is 0 Å². The molecular weight excluding hydrogens is 522 g/mol. The Bertz CT molecular complexity index is 1080. The van der Waals surface area contributed by atoms with Crippen LogP contribution >= 0.6 is 34.2 Å². The molecule has 0 bridgehead atoms. The van der Waals surface area contributed by atoms with E-state index in [9.17, 15) is 18.0 Å². The van der Waals surface area contributed by atoms with Gasteiger partial charge in [0.05, 0.1) is 27.6 Å². The Morgan fingerprint density at radius 3 is 2.55 bits per heavy atom. The van der Waals surface area contributed by atoms with Crippen molar-refractivity contribution in [2.75, 3.05) is 12.4 Å². The summed E-state index contributed by atoms with van der Waals surface area (Å²) in [5.74, 6) is -0.609. The lowest BCUT2D eigenvalue weighted by atomic mass is 10.1. The Balaban J connectivity index is 2.21. The number of methoxy groups -OCH3 is 1. The van der Waals surface area contributed by atoms with Crippen LogP contribution < -0.4 is 5.32 Å². The molecule has 2 aromatic carbocycles. The van der Waals surface area contributed by atoms with Crippen molar-refractivity contribution < 1.29 is 22.7 Å². The number of esters is 1. The zero-order chi connectivity index (χ0) is 21.3. The van der Waals surface area contributed by atoms with Gasteiger partial charge in [-0.2, -0.15) is 18.3 Å². The van der Waals surface area contributed by atoms with Gasteiger partial charge in [0.2, 0.25) is 0 Å². The van der Waals surface area contributed by atoms with E-state index >= 15 is 0 Å². The van der Waals surface area contributed by atoms with Crippen molar-refractivity contribution in [3.8, 4) is 5.69 Å². The number of para-hydroxylation sites is 1. The normalized spacial score (nSPS) is 11.4. The van der Waals surface area contributed by atoms with Gasteiger partial charge in [0.15, 0.2) is 5.69 Å². The highest BCUT2D eigenvalue weighted by atomic mass is 127. The number of ether oxygens (including phenoxy) is 1. The number of aryl methyl sites for hydroxylation is 1. The minimum atomic E-state index is -4.65. The molecule has 0 atom stereocenters. The van der Waals surface area contributed by atoms with Crippen LogP contribution in [-0.2, 0) is 10.9 Å². The summed E-state index contributed by atoms with van der Waals surface area (Å²) < 4.78 is 46.3. The van der Waals surface area contributed by atoms with Crippen LogP contribution in [0, 0.1) is 10.5 Å². The van der Waals surface area contributed by atoms with Gasteiger partial charge >= 0.3 is 12.1 Å². The Labute approximate surface area is 182 Å². The number of hydrogen-bond donors (Lipinski definition) is 1. The first-order valence-corrected chi connectivity index (χ1v) is 9.65. The van der Waals surface area contributed by atoms with Gasteiger partial charge in [-0.1, -0.05) is 29.8 Å². The maximum Gasteiger partial charge on any atom is 0.436 e. The maximum atomic E-state index is 13.5. The number of halogens is 5. The predicted octanol–water partition coefficient (Wildman–Crippen LogP) is 5.99. The third-order valence-electron chi connectivity index (χ3n) is 4.08. The standard InChI is InChI=1S/C19H14ClF3IN3O2/c1-10-5-3-4-6-14(10)27-17(15(24)16(26-27)19(21,22)23)25-13-8-7-11(20)9-12(13)18(28)29-2/h3-9,25H,1-2H3. The van der Waals surface area contributed by atoms with Crippen LogP contribution in [0.15, 0.2) is 42.5 Å². The molecule has 1 heterocycles. The number of nitrogens with zero attached hydrogens (tertiary/aromatic N) is 2. The highest BCUT2D eigenvalue weighted by molar-refractivity contribution is 14.1. The molecule has 0 spiro atoms. The van der Waals surface area contributed by atoms with E-state index in [1.165, 1.54) is 30.0 Å². The number of hydrogen-bond acceptors (Lipinski definition) is 4. The molecular formula is C19H14ClF3IN3O2. The lowest BCUT2D eigenvalue weighted by Gasteiger charge is -2.14. The van der Waals surface area contributed by atoms with Crippen molar-refractivity contribution in [2.45, 2.75) is 13.1 Å². The van der Waals surface area contributed by atoms with Gasteiger partial charge in [0, 0.05) is 5.02 Å². The fourth-order valence-corrected chi connectivity index (χ4v) is 3.64. The van der Waals surface area contributed by atoms with Gasteiger partial charge in [-0.05, 0) is 59.3 Å². The minimum absolute atomic E-state index is 0.0692. The van der Waals surface area contributed by atoms with Crippen molar-refractivity contribution in [3.05, 3.63) is 67.9 Å². The van der Waals surface area contributed by atoms with Crippen LogP contribution in [-0.4, -0.2) is 22.9 Å². The zero-order valence-corrected chi connectivity index (χ0v) is 18.1. The highest BCUT2D eigenvalue weighted by Crippen LogP contribution is 2.38. The number of carbonyl (C=O) groups excluding carboxylic acids is 1. The Morgan fingerprint density at radius 1 is 1.24 bits per heavy atom. The van der Waals surface area contributed by atoms with Gasteiger partial charge in [-0.15, -0.1) is 0 Å². The summed E-state index contributed by atoms with van der Waals surface area (Å²) in [5, 5.41) is 6.99. The first-order valence-electron chi connectivity index (χ1n) is 8.20. The molecule has 29 heavy (non-hydrogen) atoms. The molecule has 0 aliphatic carbocycles.